The SMILES string of the molecule is CCC(OC)C1CC2C=CC1C2. The zero-order valence-corrected chi connectivity index (χ0v) is 7.99. The molecule has 1 fully saturated rings. The summed E-state index contributed by atoms with van der Waals surface area (Å²) in [6, 6.07) is 0. The van der Waals surface area contributed by atoms with Crippen LogP contribution in [0.15, 0.2) is 12.2 Å². The molecule has 0 N–H and O–H groups in total. The van der Waals surface area contributed by atoms with Gasteiger partial charge in [0, 0.05) is 7.11 Å². The topological polar surface area (TPSA) is 9.23 Å². The molecule has 0 amide bonds. The Hall–Kier alpha value is -0.300. The van der Waals surface area contributed by atoms with E-state index in [0.29, 0.717) is 6.10 Å². The molecule has 12 heavy (non-hydrogen) atoms. The van der Waals surface area contributed by atoms with Gasteiger partial charge in [0.05, 0.1) is 6.10 Å². The maximum atomic E-state index is 5.50. The minimum Gasteiger partial charge on any atom is -0.381 e. The van der Waals surface area contributed by atoms with Crippen LogP contribution in [0.2, 0.25) is 0 Å². The first-order valence-electron chi connectivity index (χ1n) is 5.06. The number of fused-ring (bicyclic) bond motifs is 2. The van der Waals surface area contributed by atoms with Crippen molar-refractivity contribution in [3.63, 3.8) is 0 Å². The quantitative estimate of drug-likeness (QED) is 0.586. The second-order valence-electron chi connectivity index (χ2n) is 4.13. The Kier molecular flexibility index (Phi) is 2.22. The van der Waals surface area contributed by atoms with E-state index < -0.39 is 0 Å². The van der Waals surface area contributed by atoms with Crippen molar-refractivity contribution in [1.29, 1.82) is 0 Å². The van der Waals surface area contributed by atoms with Crippen molar-refractivity contribution >= 4 is 0 Å². The number of methoxy groups -OCH3 is 1. The summed E-state index contributed by atoms with van der Waals surface area (Å²) in [5, 5.41) is 0. The summed E-state index contributed by atoms with van der Waals surface area (Å²) in [4.78, 5) is 0. The van der Waals surface area contributed by atoms with Crippen LogP contribution in [0.1, 0.15) is 26.2 Å². The van der Waals surface area contributed by atoms with Crippen LogP contribution in [-0.2, 0) is 4.74 Å². The minimum atomic E-state index is 0.505. The van der Waals surface area contributed by atoms with Gasteiger partial charge >= 0.3 is 0 Å². The van der Waals surface area contributed by atoms with Gasteiger partial charge in [-0.1, -0.05) is 19.1 Å². The Morgan fingerprint density at radius 3 is 2.67 bits per heavy atom. The van der Waals surface area contributed by atoms with E-state index in [1.807, 2.05) is 7.11 Å². The third-order valence-electron chi connectivity index (χ3n) is 3.51. The van der Waals surface area contributed by atoms with Crippen LogP contribution >= 0.6 is 0 Å². The lowest BCUT2D eigenvalue weighted by molar-refractivity contribution is 0.0391. The van der Waals surface area contributed by atoms with E-state index >= 15 is 0 Å². The monoisotopic (exact) mass is 166 g/mol. The second kappa shape index (κ2) is 3.21. The van der Waals surface area contributed by atoms with Gasteiger partial charge in [-0.2, -0.15) is 0 Å². The van der Waals surface area contributed by atoms with Crippen molar-refractivity contribution in [3.05, 3.63) is 12.2 Å². The van der Waals surface area contributed by atoms with Crippen LogP contribution in [0.5, 0.6) is 0 Å². The number of hydrogen-bond acceptors (Lipinski definition) is 1. The third kappa shape index (κ3) is 1.20. The van der Waals surface area contributed by atoms with Crippen molar-refractivity contribution in [3.8, 4) is 0 Å². The van der Waals surface area contributed by atoms with Crippen molar-refractivity contribution < 1.29 is 4.74 Å². The molecule has 2 aliphatic carbocycles. The summed E-state index contributed by atoms with van der Waals surface area (Å²) in [6.07, 6.45) is 9.23. The molecule has 4 atom stereocenters. The van der Waals surface area contributed by atoms with Crippen molar-refractivity contribution in [2.45, 2.75) is 32.3 Å². The summed E-state index contributed by atoms with van der Waals surface area (Å²) >= 11 is 0. The molecule has 68 valence electrons. The van der Waals surface area contributed by atoms with Crippen LogP contribution < -0.4 is 0 Å². The van der Waals surface area contributed by atoms with E-state index in [0.717, 1.165) is 24.2 Å². The first kappa shape index (κ1) is 8.31. The number of allylic oxidation sites excluding steroid dienone is 2. The first-order chi connectivity index (χ1) is 5.85. The average molecular weight is 166 g/mol. The van der Waals surface area contributed by atoms with Crippen LogP contribution in [0, 0.1) is 17.8 Å². The molecule has 0 heterocycles. The summed E-state index contributed by atoms with van der Waals surface area (Å²) in [6.45, 7) is 2.23. The van der Waals surface area contributed by atoms with Gasteiger partial charge in [-0.05, 0) is 37.0 Å². The second-order valence-corrected chi connectivity index (χ2v) is 4.13. The normalized spacial score (nSPS) is 40.7. The van der Waals surface area contributed by atoms with Gasteiger partial charge in [0.25, 0.3) is 0 Å². The molecule has 0 aliphatic heterocycles. The molecule has 2 rings (SSSR count). The molecule has 0 aromatic rings. The Bertz CT molecular complexity index is 181. The Morgan fingerprint density at radius 1 is 1.42 bits per heavy atom. The average Bonchev–Trinajstić information content (AvgIpc) is 2.67. The molecule has 0 spiro atoms. The Labute approximate surface area is 74.8 Å². The first-order valence-corrected chi connectivity index (χ1v) is 5.06. The molecule has 2 aliphatic rings. The van der Waals surface area contributed by atoms with Crippen molar-refractivity contribution in [2.75, 3.05) is 7.11 Å². The molecule has 4 unspecified atom stereocenters. The van der Waals surface area contributed by atoms with Crippen LogP contribution in [0.25, 0.3) is 0 Å². The highest BCUT2D eigenvalue weighted by atomic mass is 16.5. The zero-order valence-electron chi connectivity index (χ0n) is 7.99. The predicted octanol–water partition coefficient (Wildman–Crippen LogP) is 2.62. The molecule has 0 aromatic heterocycles. The van der Waals surface area contributed by atoms with Crippen molar-refractivity contribution in [2.24, 2.45) is 17.8 Å². The lowest BCUT2D eigenvalue weighted by Gasteiger charge is -2.26. The van der Waals surface area contributed by atoms with Gasteiger partial charge in [-0.25, -0.2) is 0 Å². The molecule has 1 nitrogen and oxygen atoms in total. The molecule has 0 radical (unpaired) electrons. The zero-order chi connectivity index (χ0) is 8.55. The molecule has 2 bridgehead atoms. The van der Waals surface area contributed by atoms with Gasteiger partial charge in [0.1, 0.15) is 0 Å². The van der Waals surface area contributed by atoms with Crippen LogP contribution in [-0.4, -0.2) is 13.2 Å². The van der Waals surface area contributed by atoms with Gasteiger partial charge in [0.15, 0.2) is 0 Å². The fourth-order valence-electron chi connectivity index (χ4n) is 2.89. The number of hydrogen-bond donors (Lipinski definition) is 0. The summed E-state index contributed by atoms with van der Waals surface area (Å²) in [5.74, 6) is 2.53. The third-order valence-corrected chi connectivity index (χ3v) is 3.51. The molecule has 1 heteroatoms. The van der Waals surface area contributed by atoms with Gasteiger partial charge in [-0.3, -0.25) is 0 Å². The predicted molar refractivity (Wildman–Crippen MR) is 49.9 cm³/mol. The van der Waals surface area contributed by atoms with Crippen LogP contribution in [0.4, 0.5) is 0 Å². The lowest BCUT2D eigenvalue weighted by atomic mass is 9.87. The van der Waals surface area contributed by atoms with E-state index in [9.17, 15) is 0 Å². The Balaban J connectivity index is 2.01. The van der Waals surface area contributed by atoms with E-state index in [4.69, 9.17) is 4.74 Å². The van der Waals surface area contributed by atoms with Crippen LogP contribution in [0.3, 0.4) is 0 Å². The molecule has 0 aromatic carbocycles. The van der Waals surface area contributed by atoms with E-state index in [2.05, 4.69) is 19.1 Å². The van der Waals surface area contributed by atoms with E-state index in [1.54, 1.807) is 0 Å². The summed E-state index contributed by atoms with van der Waals surface area (Å²) < 4.78 is 5.50. The molecular weight excluding hydrogens is 148 g/mol. The van der Waals surface area contributed by atoms with Gasteiger partial charge in [-0.15, -0.1) is 0 Å². The maximum Gasteiger partial charge on any atom is 0.0602 e. The van der Waals surface area contributed by atoms with Gasteiger partial charge in [0.2, 0.25) is 0 Å². The van der Waals surface area contributed by atoms with E-state index in [-0.39, 0.29) is 0 Å². The highest BCUT2D eigenvalue weighted by Crippen LogP contribution is 2.45. The highest BCUT2D eigenvalue weighted by Gasteiger charge is 2.39. The van der Waals surface area contributed by atoms with Crippen molar-refractivity contribution in [1.82, 2.24) is 0 Å². The molecular formula is C11H18O. The fraction of sp³-hybridized carbons (Fsp3) is 0.818. The maximum absolute atomic E-state index is 5.50. The van der Waals surface area contributed by atoms with Gasteiger partial charge < -0.3 is 4.74 Å². The lowest BCUT2D eigenvalue weighted by Crippen LogP contribution is -2.25. The standard InChI is InChI=1S/C11H18O/c1-3-11(12-2)10-7-8-4-5-9(10)6-8/h4-5,8-11H,3,6-7H2,1-2H3. The highest BCUT2D eigenvalue weighted by molar-refractivity contribution is 5.11. The molecule has 0 saturated heterocycles. The Morgan fingerprint density at radius 2 is 2.25 bits per heavy atom. The minimum absolute atomic E-state index is 0.505. The summed E-state index contributed by atoms with van der Waals surface area (Å²) in [5.41, 5.74) is 0. The van der Waals surface area contributed by atoms with E-state index in [1.165, 1.54) is 12.8 Å². The number of rotatable bonds is 3. The fourth-order valence-corrected chi connectivity index (χ4v) is 2.89. The summed E-state index contributed by atoms with van der Waals surface area (Å²) in [7, 11) is 1.85. The molecule has 1 saturated carbocycles. The smallest absolute Gasteiger partial charge is 0.0602 e. The largest absolute Gasteiger partial charge is 0.381 e. The number of ether oxygens (including phenoxy) is 1.